The summed E-state index contributed by atoms with van der Waals surface area (Å²) in [5.41, 5.74) is 1.91. The van der Waals surface area contributed by atoms with E-state index in [0.29, 0.717) is 0 Å². The van der Waals surface area contributed by atoms with Gasteiger partial charge in [-0.05, 0) is 23.0 Å². The molecule has 1 atom stereocenters. The fourth-order valence-corrected chi connectivity index (χ4v) is 4.21. The van der Waals surface area contributed by atoms with Gasteiger partial charge in [0.2, 0.25) is 0 Å². The fourth-order valence-electron chi connectivity index (χ4n) is 2.61. The minimum Gasteiger partial charge on any atom is -0.496 e. The van der Waals surface area contributed by atoms with E-state index >= 15 is 0 Å². The van der Waals surface area contributed by atoms with Crippen molar-refractivity contribution in [3.8, 4) is 5.75 Å². The first-order valence-corrected chi connectivity index (χ1v) is 10.3. The Bertz CT molecular complexity index is 560. The lowest BCUT2D eigenvalue weighted by Gasteiger charge is -2.31. The number of carboxylic acids is 1. The van der Waals surface area contributed by atoms with Crippen LogP contribution in [0.2, 0.25) is 0 Å². The number of ether oxygens (including phenoxy) is 1. The molecular formula is C18H29BO3P+. The maximum absolute atomic E-state index is 11.2. The van der Waals surface area contributed by atoms with Crippen molar-refractivity contribution in [3.63, 3.8) is 0 Å². The van der Waals surface area contributed by atoms with Gasteiger partial charge in [0.1, 0.15) is 11.9 Å². The van der Waals surface area contributed by atoms with Gasteiger partial charge in [-0.1, -0.05) is 41.5 Å². The number of aliphatic carboxylic acids is 1. The number of methoxy groups -OCH3 is 1. The van der Waals surface area contributed by atoms with E-state index in [2.05, 4.69) is 41.5 Å². The molecule has 1 aromatic carbocycles. The van der Waals surface area contributed by atoms with Crippen molar-refractivity contribution in [3.05, 3.63) is 23.3 Å². The topological polar surface area (TPSA) is 46.5 Å². The molecule has 1 aromatic rings. The Hall–Kier alpha value is -1.02. The second-order valence-corrected chi connectivity index (χ2v) is 11.8. The first-order valence-electron chi connectivity index (χ1n) is 7.79. The van der Waals surface area contributed by atoms with Crippen molar-refractivity contribution in [1.29, 1.82) is 0 Å². The van der Waals surface area contributed by atoms with Gasteiger partial charge in [-0.2, -0.15) is 0 Å². The predicted molar refractivity (Wildman–Crippen MR) is 101 cm³/mol. The highest BCUT2D eigenvalue weighted by Gasteiger charge is 2.36. The van der Waals surface area contributed by atoms with Gasteiger partial charge in [0, 0.05) is 24.9 Å². The molecule has 0 saturated heterocycles. The second-order valence-electron chi connectivity index (χ2n) is 8.39. The fraction of sp³-hybridized carbons (Fsp3) is 0.611. The van der Waals surface area contributed by atoms with Gasteiger partial charge in [-0.15, -0.1) is 0 Å². The van der Waals surface area contributed by atoms with Gasteiger partial charge >= 0.3 is 13.5 Å². The van der Waals surface area contributed by atoms with E-state index in [-0.39, 0.29) is 17.0 Å². The van der Waals surface area contributed by atoms with E-state index in [1.165, 1.54) is 0 Å². The van der Waals surface area contributed by atoms with Crippen LogP contribution >= 0.6 is 7.14 Å². The molecule has 0 saturated carbocycles. The van der Waals surface area contributed by atoms with Crippen LogP contribution in [0.15, 0.2) is 12.1 Å². The van der Waals surface area contributed by atoms with Crippen LogP contribution in [-0.2, 0) is 15.6 Å². The first kappa shape index (κ1) is 20.0. The standard InChI is InChI=1S/C18H29BO3P/c1-17(2,3)13-9-12(23(8,19)11-15(20)21)10-14(16(13)22-7)18(4,5)6/h9-10H,11H2,1-8H3,(H,20,21)/q+1. The van der Waals surface area contributed by atoms with Crippen molar-refractivity contribution >= 4 is 26.0 Å². The smallest absolute Gasteiger partial charge is 0.371 e. The van der Waals surface area contributed by atoms with Gasteiger partial charge in [0.15, 0.2) is 0 Å². The molecule has 126 valence electrons. The molecule has 1 rings (SSSR count). The monoisotopic (exact) mass is 335 g/mol. The minimum atomic E-state index is -2.23. The van der Waals surface area contributed by atoms with Gasteiger partial charge in [0.25, 0.3) is 0 Å². The average molecular weight is 335 g/mol. The van der Waals surface area contributed by atoms with E-state index in [4.69, 9.17) is 12.3 Å². The van der Waals surface area contributed by atoms with Gasteiger partial charge in [0.05, 0.1) is 12.4 Å². The zero-order valence-corrected chi connectivity index (χ0v) is 16.5. The molecule has 0 amide bonds. The van der Waals surface area contributed by atoms with Crippen LogP contribution in [0.4, 0.5) is 0 Å². The molecule has 0 aliphatic carbocycles. The van der Waals surface area contributed by atoms with Crippen LogP contribution in [0.3, 0.4) is 0 Å². The van der Waals surface area contributed by atoms with Crippen molar-refractivity contribution in [2.24, 2.45) is 0 Å². The van der Waals surface area contributed by atoms with Crippen molar-refractivity contribution in [2.75, 3.05) is 19.9 Å². The molecule has 0 fully saturated rings. The number of carbonyl (C=O) groups is 1. The van der Waals surface area contributed by atoms with E-state index in [1.807, 2.05) is 18.8 Å². The maximum Gasteiger partial charge on any atom is 0.371 e. The summed E-state index contributed by atoms with van der Waals surface area (Å²) in [6.45, 7) is 14.7. The summed E-state index contributed by atoms with van der Waals surface area (Å²) in [4.78, 5) is 11.2. The Morgan fingerprint density at radius 1 is 1.13 bits per heavy atom. The van der Waals surface area contributed by atoms with Gasteiger partial charge < -0.3 is 9.84 Å². The number of hydrogen-bond acceptors (Lipinski definition) is 2. The lowest BCUT2D eigenvalue weighted by atomic mass is 9.79. The van der Waals surface area contributed by atoms with E-state index < -0.39 is 13.1 Å². The summed E-state index contributed by atoms with van der Waals surface area (Å²) >= 11 is 0. The van der Waals surface area contributed by atoms with Crippen molar-refractivity contribution in [1.82, 2.24) is 0 Å². The molecule has 3 nitrogen and oxygen atoms in total. The van der Waals surface area contributed by atoms with Crippen molar-refractivity contribution in [2.45, 2.75) is 52.4 Å². The summed E-state index contributed by atoms with van der Waals surface area (Å²) in [5.74, 6) is 0.0258. The van der Waals surface area contributed by atoms with Crippen LogP contribution in [-0.4, -0.2) is 38.6 Å². The lowest BCUT2D eigenvalue weighted by Crippen LogP contribution is -2.26. The normalized spacial score (nSPS) is 15.1. The van der Waals surface area contributed by atoms with Crippen LogP contribution in [0.1, 0.15) is 52.7 Å². The Kier molecular flexibility index (Phi) is 5.64. The van der Waals surface area contributed by atoms with Crippen LogP contribution in [0.5, 0.6) is 5.75 Å². The summed E-state index contributed by atoms with van der Waals surface area (Å²) in [7, 11) is 5.90. The number of carboxylic acid groups (broad SMARTS) is 1. The highest BCUT2D eigenvalue weighted by molar-refractivity contribution is 8.03. The zero-order valence-electron chi connectivity index (χ0n) is 15.7. The third-order valence-electron chi connectivity index (χ3n) is 3.95. The number of hydrogen-bond donors (Lipinski definition) is 1. The highest BCUT2D eigenvalue weighted by Crippen LogP contribution is 2.51. The molecule has 1 unspecified atom stereocenters. The molecule has 0 bridgehead atoms. The van der Waals surface area contributed by atoms with E-state index in [9.17, 15) is 9.90 Å². The second kappa shape index (κ2) is 6.47. The number of rotatable bonds is 4. The Morgan fingerprint density at radius 2 is 1.52 bits per heavy atom. The Labute approximate surface area is 142 Å². The van der Waals surface area contributed by atoms with E-state index in [1.54, 1.807) is 7.11 Å². The predicted octanol–water partition coefficient (Wildman–Crippen LogP) is 3.73. The molecular weight excluding hydrogens is 306 g/mol. The molecule has 0 spiro atoms. The first-order chi connectivity index (χ1) is 10.2. The molecule has 23 heavy (non-hydrogen) atoms. The van der Waals surface area contributed by atoms with Crippen molar-refractivity contribution < 1.29 is 14.6 Å². The quantitative estimate of drug-likeness (QED) is 0.674. The Morgan fingerprint density at radius 3 is 1.78 bits per heavy atom. The number of benzene rings is 1. The van der Waals surface area contributed by atoms with Gasteiger partial charge in [-0.3, -0.25) is 0 Å². The molecule has 1 N–H and O–H groups in total. The largest absolute Gasteiger partial charge is 0.496 e. The van der Waals surface area contributed by atoms with Crippen LogP contribution < -0.4 is 10.0 Å². The highest BCUT2D eigenvalue weighted by atomic mass is 31.2. The molecule has 0 heterocycles. The summed E-state index contributed by atoms with van der Waals surface area (Å²) in [5, 5.41) is 10.1. The average Bonchev–Trinajstić information content (AvgIpc) is 2.33. The zero-order chi connectivity index (χ0) is 18.2. The summed E-state index contributed by atoms with van der Waals surface area (Å²) in [6.07, 6.45) is -0.00745. The molecule has 0 aliphatic rings. The molecule has 0 aliphatic heterocycles. The molecule has 0 aromatic heterocycles. The third-order valence-corrected chi connectivity index (χ3v) is 6.31. The molecule has 2 radical (unpaired) electrons. The van der Waals surface area contributed by atoms with Crippen LogP contribution in [0, 0.1) is 0 Å². The third kappa shape index (κ3) is 4.73. The molecule has 5 heteroatoms. The maximum atomic E-state index is 11.2. The SMILES string of the molecule is [B][P+](C)(CC(=O)O)c1cc(C(C)(C)C)c(OC)c(C(C)(C)C)c1. The summed E-state index contributed by atoms with van der Waals surface area (Å²) < 4.78 is 5.73. The Balaban J connectivity index is 3.73. The summed E-state index contributed by atoms with van der Waals surface area (Å²) in [6, 6.07) is 4.09. The minimum absolute atomic E-state index is 0.00745. The van der Waals surface area contributed by atoms with Crippen LogP contribution in [0.25, 0.3) is 0 Å². The van der Waals surface area contributed by atoms with Gasteiger partial charge in [-0.25, -0.2) is 4.79 Å². The van der Waals surface area contributed by atoms with E-state index in [0.717, 1.165) is 22.2 Å². The lowest BCUT2D eigenvalue weighted by molar-refractivity contribution is -0.134.